The molecule has 0 radical (unpaired) electrons. The maximum absolute atomic E-state index is 12.3. The minimum Gasteiger partial charge on any atom is -0.414 e. The number of ether oxygens (including phenoxy) is 1. The van der Waals surface area contributed by atoms with Gasteiger partial charge in [0.25, 0.3) is 5.56 Å². The van der Waals surface area contributed by atoms with Gasteiger partial charge in [0.2, 0.25) is 0 Å². The first-order valence-corrected chi connectivity index (χ1v) is 16.6. The lowest BCUT2D eigenvalue weighted by atomic mass is 10.1. The van der Waals surface area contributed by atoms with Crippen LogP contribution in [0.5, 0.6) is 0 Å². The fraction of sp³-hybridized carbons (Fsp3) is 0.810. The third kappa shape index (κ3) is 5.61. The number of aromatic nitrogens is 2. The topological polar surface area (TPSA) is 93.4 Å². The number of aromatic amines is 2. The molecule has 3 atom stereocenters. The first kappa shape index (κ1) is 25.3. The van der Waals surface area contributed by atoms with Crippen molar-refractivity contribution < 1.29 is 13.6 Å². The Morgan fingerprint density at radius 1 is 1.03 bits per heavy atom. The van der Waals surface area contributed by atoms with Crippen LogP contribution in [0.2, 0.25) is 36.3 Å². The SMILES string of the molecule is CC(C)(C)[Si](C)(C)OC[C@H]1O[C@@H](c2c[nH]c(=O)[nH]c2=O)C[C@@H]1O[Si](C)(C)C(C)(C)C. The van der Waals surface area contributed by atoms with Gasteiger partial charge in [-0.2, -0.15) is 0 Å². The van der Waals surface area contributed by atoms with E-state index in [1.165, 1.54) is 6.20 Å². The molecule has 0 spiro atoms. The van der Waals surface area contributed by atoms with Crippen molar-refractivity contribution in [3.63, 3.8) is 0 Å². The average molecular weight is 457 g/mol. The third-order valence-electron chi connectivity index (χ3n) is 7.06. The highest BCUT2D eigenvalue weighted by atomic mass is 28.4. The van der Waals surface area contributed by atoms with Crippen LogP contribution in [0.3, 0.4) is 0 Å². The van der Waals surface area contributed by atoms with E-state index in [4.69, 9.17) is 13.6 Å². The molecule has 1 aliphatic heterocycles. The van der Waals surface area contributed by atoms with Crippen molar-refractivity contribution in [3.8, 4) is 0 Å². The van der Waals surface area contributed by atoms with Gasteiger partial charge in [-0.25, -0.2) is 4.79 Å². The molecule has 1 aliphatic rings. The summed E-state index contributed by atoms with van der Waals surface area (Å²) in [5.41, 5.74) is -0.511. The second-order valence-electron chi connectivity index (χ2n) is 11.4. The summed E-state index contributed by atoms with van der Waals surface area (Å²) in [4.78, 5) is 28.6. The second-order valence-corrected chi connectivity index (χ2v) is 21.0. The maximum Gasteiger partial charge on any atom is 0.325 e. The van der Waals surface area contributed by atoms with E-state index in [0.29, 0.717) is 18.6 Å². The summed E-state index contributed by atoms with van der Waals surface area (Å²) in [6, 6.07) is 0. The van der Waals surface area contributed by atoms with Crippen LogP contribution in [0, 0.1) is 0 Å². The summed E-state index contributed by atoms with van der Waals surface area (Å²) in [5.74, 6) is 0. The van der Waals surface area contributed by atoms with Gasteiger partial charge in [-0.05, 0) is 36.3 Å². The van der Waals surface area contributed by atoms with Gasteiger partial charge in [-0.15, -0.1) is 0 Å². The van der Waals surface area contributed by atoms with Crippen molar-refractivity contribution in [1.82, 2.24) is 9.97 Å². The van der Waals surface area contributed by atoms with Crippen molar-refractivity contribution in [2.75, 3.05) is 6.61 Å². The molecular formula is C21H40N2O5Si2. The first-order valence-electron chi connectivity index (χ1n) is 10.7. The van der Waals surface area contributed by atoms with E-state index >= 15 is 0 Å². The van der Waals surface area contributed by atoms with Crippen molar-refractivity contribution in [3.05, 3.63) is 32.6 Å². The van der Waals surface area contributed by atoms with E-state index in [2.05, 4.69) is 77.7 Å². The van der Waals surface area contributed by atoms with Crippen molar-refractivity contribution in [2.45, 2.75) is 103 Å². The van der Waals surface area contributed by atoms with Crippen LogP contribution in [0.4, 0.5) is 0 Å². The van der Waals surface area contributed by atoms with E-state index in [1.54, 1.807) is 0 Å². The van der Waals surface area contributed by atoms with Gasteiger partial charge in [0.15, 0.2) is 16.6 Å². The quantitative estimate of drug-likeness (QED) is 0.622. The molecule has 1 fully saturated rings. The van der Waals surface area contributed by atoms with Gasteiger partial charge in [0.05, 0.1) is 24.4 Å². The zero-order valence-corrected chi connectivity index (χ0v) is 22.3. The number of hydrogen-bond acceptors (Lipinski definition) is 5. The number of nitrogens with one attached hydrogen (secondary N) is 2. The Hall–Kier alpha value is -1.01. The fourth-order valence-electron chi connectivity index (χ4n) is 2.91. The monoisotopic (exact) mass is 456 g/mol. The van der Waals surface area contributed by atoms with Gasteiger partial charge in [-0.1, -0.05) is 41.5 Å². The second kappa shape index (κ2) is 8.50. The Morgan fingerprint density at radius 2 is 1.60 bits per heavy atom. The molecular weight excluding hydrogens is 416 g/mol. The molecule has 2 heterocycles. The zero-order valence-electron chi connectivity index (χ0n) is 20.3. The van der Waals surface area contributed by atoms with E-state index in [9.17, 15) is 9.59 Å². The van der Waals surface area contributed by atoms with E-state index in [1.807, 2.05) is 0 Å². The fourth-order valence-corrected chi connectivity index (χ4v) is 5.28. The lowest BCUT2D eigenvalue weighted by molar-refractivity contribution is -0.0169. The predicted octanol–water partition coefficient (Wildman–Crippen LogP) is 4.31. The van der Waals surface area contributed by atoms with Gasteiger partial charge in [-0.3, -0.25) is 9.78 Å². The Morgan fingerprint density at radius 3 is 2.10 bits per heavy atom. The smallest absolute Gasteiger partial charge is 0.325 e. The molecule has 1 saturated heterocycles. The highest BCUT2D eigenvalue weighted by molar-refractivity contribution is 6.74. The standard InChI is InChI=1S/C21H40N2O5Si2/c1-20(2,3)29(7,8)26-13-17-16(28-30(9,10)21(4,5)6)11-15(27-17)14-12-22-19(25)23-18(14)24/h12,15-17H,11,13H2,1-10H3,(H2,22,23,24,25)/t15-,16+,17-/m1/s1. The van der Waals surface area contributed by atoms with Crippen LogP contribution in [-0.4, -0.2) is 45.4 Å². The molecule has 1 aromatic rings. The molecule has 9 heteroatoms. The van der Waals surface area contributed by atoms with Crippen molar-refractivity contribution in [1.29, 1.82) is 0 Å². The summed E-state index contributed by atoms with van der Waals surface area (Å²) in [6.45, 7) is 22.6. The molecule has 1 aromatic heterocycles. The van der Waals surface area contributed by atoms with Crippen LogP contribution in [-0.2, 0) is 13.6 Å². The van der Waals surface area contributed by atoms with Crippen LogP contribution in [0.1, 0.15) is 59.6 Å². The predicted molar refractivity (Wildman–Crippen MR) is 125 cm³/mol. The van der Waals surface area contributed by atoms with E-state index in [-0.39, 0.29) is 22.3 Å². The average Bonchev–Trinajstić information content (AvgIpc) is 2.92. The molecule has 7 nitrogen and oxygen atoms in total. The molecule has 0 unspecified atom stereocenters. The third-order valence-corrected chi connectivity index (χ3v) is 16.1. The highest BCUT2D eigenvalue weighted by Gasteiger charge is 2.46. The molecule has 0 aromatic carbocycles. The molecule has 2 rings (SSSR count). The van der Waals surface area contributed by atoms with Crippen LogP contribution in [0.15, 0.2) is 15.8 Å². The molecule has 172 valence electrons. The first-order chi connectivity index (χ1) is 13.4. The summed E-state index contributed by atoms with van der Waals surface area (Å²) < 4.78 is 19.5. The molecule has 2 N–H and O–H groups in total. The van der Waals surface area contributed by atoms with Gasteiger partial charge < -0.3 is 18.6 Å². The van der Waals surface area contributed by atoms with E-state index < -0.39 is 34.0 Å². The normalized spacial score (nSPS) is 23.7. The van der Waals surface area contributed by atoms with Crippen LogP contribution >= 0.6 is 0 Å². The Balaban J connectivity index is 2.28. The molecule has 0 saturated carbocycles. The molecule has 0 bridgehead atoms. The number of rotatable bonds is 6. The molecule has 0 aliphatic carbocycles. The maximum atomic E-state index is 12.3. The van der Waals surface area contributed by atoms with Crippen molar-refractivity contribution >= 4 is 16.6 Å². The Labute approximate surface area is 182 Å². The zero-order chi connectivity index (χ0) is 23.1. The van der Waals surface area contributed by atoms with Crippen LogP contribution in [0.25, 0.3) is 0 Å². The largest absolute Gasteiger partial charge is 0.414 e. The molecule has 30 heavy (non-hydrogen) atoms. The minimum atomic E-state index is -2.04. The number of hydrogen-bond donors (Lipinski definition) is 2. The van der Waals surface area contributed by atoms with Crippen molar-refractivity contribution in [2.24, 2.45) is 0 Å². The Bertz CT molecular complexity index is 848. The minimum absolute atomic E-state index is 0.0609. The van der Waals surface area contributed by atoms with Gasteiger partial charge in [0, 0.05) is 12.6 Å². The number of H-pyrrole nitrogens is 2. The summed E-state index contributed by atoms with van der Waals surface area (Å²) in [5, 5.41) is 0.155. The summed E-state index contributed by atoms with van der Waals surface area (Å²) >= 11 is 0. The van der Waals surface area contributed by atoms with Crippen LogP contribution < -0.4 is 11.2 Å². The lowest BCUT2D eigenvalue weighted by Gasteiger charge is -2.40. The lowest BCUT2D eigenvalue weighted by Crippen LogP contribution is -2.48. The molecule has 0 amide bonds. The van der Waals surface area contributed by atoms with E-state index in [0.717, 1.165) is 0 Å². The Kier molecular flexibility index (Phi) is 7.15. The summed E-state index contributed by atoms with van der Waals surface area (Å²) in [6.07, 6.45) is 1.16. The van der Waals surface area contributed by atoms with Gasteiger partial charge >= 0.3 is 5.69 Å². The highest BCUT2D eigenvalue weighted by Crippen LogP contribution is 2.43. The van der Waals surface area contributed by atoms with Gasteiger partial charge in [0.1, 0.15) is 6.10 Å². The summed E-state index contributed by atoms with van der Waals surface area (Å²) in [7, 11) is -4.00.